The Morgan fingerprint density at radius 3 is 2.64 bits per heavy atom. The Morgan fingerprint density at radius 2 is 2.00 bits per heavy atom. The molecule has 0 radical (unpaired) electrons. The van der Waals surface area contributed by atoms with E-state index in [0.717, 1.165) is 24.0 Å². The Balaban J connectivity index is 1.89. The monoisotopic (exact) mass is 399 g/mol. The lowest BCUT2D eigenvalue weighted by Crippen LogP contribution is -2.33. The van der Waals surface area contributed by atoms with Crippen LogP contribution < -0.4 is 9.47 Å². The second-order valence-electron chi connectivity index (χ2n) is 6.56. The molecule has 1 amide bonds. The van der Waals surface area contributed by atoms with Crippen LogP contribution in [-0.2, 0) is 0 Å². The number of amides is 1. The zero-order valence-electron chi connectivity index (χ0n) is 15.7. The van der Waals surface area contributed by atoms with Crippen molar-refractivity contribution in [1.29, 1.82) is 0 Å². The van der Waals surface area contributed by atoms with Crippen molar-refractivity contribution in [3.05, 3.63) is 65.9 Å². The SMILES string of the molecule is C=CCN(CC=C)C(=O)Oc1cc(Cl)nnc1Oc1c(C)cccc1C1CC1. The van der Waals surface area contributed by atoms with Crippen LogP contribution in [0.4, 0.5) is 4.79 Å². The molecule has 1 aromatic heterocycles. The van der Waals surface area contributed by atoms with Crippen LogP contribution in [0, 0.1) is 6.92 Å². The molecule has 1 aliphatic carbocycles. The van der Waals surface area contributed by atoms with E-state index >= 15 is 0 Å². The molecule has 0 spiro atoms. The number of aryl methyl sites for hydroxylation is 1. The predicted octanol–water partition coefficient (Wildman–Crippen LogP) is 5.28. The number of carbonyl (C=O) groups is 1. The molecule has 146 valence electrons. The Kier molecular flexibility index (Phi) is 6.31. The summed E-state index contributed by atoms with van der Waals surface area (Å²) in [7, 11) is 0. The van der Waals surface area contributed by atoms with E-state index in [-0.39, 0.29) is 16.8 Å². The van der Waals surface area contributed by atoms with Gasteiger partial charge in [-0.25, -0.2) is 4.79 Å². The first-order valence-electron chi connectivity index (χ1n) is 9.02. The van der Waals surface area contributed by atoms with Crippen LogP contribution >= 0.6 is 11.6 Å². The average Bonchev–Trinajstić information content (AvgIpc) is 3.50. The second-order valence-corrected chi connectivity index (χ2v) is 6.94. The summed E-state index contributed by atoms with van der Waals surface area (Å²) < 4.78 is 11.6. The van der Waals surface area contributed by atoms with Gasteiger partial charge in [-0.3, -0.25) is 0 Å². The lowest BCUT2D eigenvalue weighted by molar-refractivity contribution is 0.160. The molecule has 7 heteroatoms. The van der Waals surface area contributed by atoms with Crippen molar-refractivity contribution < 1.29 is 14.3 Å². The molecule has 0 bridgehead atoms. The fourth-order valence-electron chi connectivity index (χ4n) is 2.81. The minimum absolute atomic E-state index is 0.0890. The topological polar surface area (TPSA) is 64.6 Å². The van der Waals surface area contributed by atoms with Crippen molar-refractivity contribution in [1.82, 2.24) is 15.1 Å². The molecule has 0 aliphatic heterocycles. The highest BCUT2D eigenvalue weighted by Gasteiger charge is 2.28. The first-order valence-corrected chi connectivity index (χ1v) is 9.40. The van der Waals surface area contributed by atoms with E-state index in [1.165, 1.54) is 11.0 Å². The molecular weight excluding hydrogens is 378 g/mol. The maximum Gasteiger partial charge on any atom is 0.415 e. The molecule has 1 heterocycles. The van der Waals surface area contributed by atoms with Gasteiger partial charge in [0.1, 0.15) is 5.75 Å². The van der Waals surface area contributed by atoms with Gasteiger partial charge in [0.25, 0.3) is 5.88 Å². The fraction of sp³-hybridized carbons (Fsp3) is 0.286. The summed E-state index contributed by atoms with van der Waals surface area (Å²) in [6.45, 7) is 9.90. The summed E-state index contributed by atoms with van der Waals surface area (Å²) in [4.78, 5) is 14.0. The lowest BCUT2D eigenvalue weighted by Gasteiger charge is -2.19. The zero-order chi connectivity index (χ0) is 20.1. The van der Waals surface area contributed by atoms with E-state index in [2.05, 4.69) is 23.4 Å². The van der Waals surface area contributed by atoms with Gasteiger partial charge in [0, 0.05) is 19.2 Å². The Labute approximate surface area is 169 Å². The van der Waals surface area contributed by atoms with Gasteiger partial charge >= 0.3 is 6.09 Å². The van der Waals surface area contributed by atoms with Crippen molar-refractivity contribution >= 4 is 17.7 Å². The molecule has 0 unspecified atom stereocenters. The van der Waals surface area contributed by atoms with Crippen LogP contribution in [0.5, 0.6) is 17.4 Å². The Bertz CT molecular complexity index is 886. The highest BCUT2D eigenvalue weighted by atomic mass is 35.5. The Hall–Kier alpha value is -2.86. The van der Waals surface area contributed by atoms with E-state index in [9.17, 15) is 4.79 Å². The van der Waals surface area contributed by atoms with Crippen molar-refractivity contribution in [3.63, 3.8) is 0 Å². The summed E-state index contributed by atoms with van der Waals surface area (Å²) in [6.07, 6.45) is 4.89. The number of aromatic nitrogens is 2. The number of para-hydroxylation sites is 1. The third-order valence-corrected chi connectivity index (χ3v) is 4.49. The van der Waals surface area contributed by atoms with Gasteiger partial charge in [-0.2, -0.15) is 0 Å². The lowest BCUT2D eigenvalue weighted by atomic mass is 10.1. The van der Waals surface area contributed by atoms with Crippen LogP contribution in [0.2, 0.25) is 5.15 Å². The van der Waals surface area contributed by atoms with Crippen LogP contribution in [-0.4, -0.2) is 34.3 Å². The average molecular weight is 400 g/mol. The van der Waals surface area contributed by atoms with Gasteiger partial charge in [-0.15, -0.1) is 23.4 Å². The van der Waals surface area contributed by atoms with Crippen LogP contribution in [0.3, 0.4) is 0 Å². The molecule has 0 atom stereocenters. The highest BCUT2D eigenvalue weighted by molar-refractivity contribution is 6.29. The number of hydrogen-bond acceptors (Lipinski definition) is 5. The van der Waals surface area contributed by atoms with E-state index in [4.69, 9.17) is 21.1 Å². The van der Waals surface area contributed by atoms with Crippen molar-refractivity contribution in [2.45, 2.75) is 25.7 Å². The molecule has 0 N–H and O–H groups in total. The number of hydrogen-bond donors (Lipinski definition) is 0. The van der Waals surface area contributed by atoms with Crippen LogP contribution in [0.1, 0.15) is 29.9 Å². The van der Waals surface area contributed by atoms with E-state index in [1.54, 1.807) is 12.2 Å². The Morgan fingerprint density at radius 1 is 1.29 bits per heavy atom. The molecule has 3 rings (SSSR count). The van der Waals surface area contributed by atoms with Gasteiger partial charge in [-0.1, -0.05) is 42.0 Å². The molecule has 6 nitrogen and oxygen atoms in total. The van der Waals surface area contributed by atoms with Crippen LogP contribution in [0.15, 0.2) is 49.6 Å². The van der Waals surface area contributed by atoms with Gasteiger partial charge in [0.15, 0.2) is 10.9 Å². The van der Waals surface area contributed by atoms with Crippen LogP contribution in [0.25, 0.3) is 0 Å². The molecule has 1 saturated carbocycles. The van der Waals surface area contributed by atoms with Gasteiger partial charge in [-0.05, 0) is 36.8 Å². The normalized spacial score (nSPS) is 12.9. The van der Waals surface area contributed by atoms with E-state index < -0.39 is 6.09 Å². The maximum atomic E-state index is 12.5. The number of ether oxygens (including phenoxy) is 2. The van der Waals surface area contributed by atoms with Crippen molar-refractivity contribution in [2.75, 3.05) is 13.1 Å². The van der Waals surface area contributed by atoms with Gasteiger partial charge in [0.05, 0.1) is 0 Å². The summed E-state index contributed by atoms with van der Waals surface area (Å²) in [5.74, 6) is 1.39. The summed E-state index contributed by atoms with van der Waals surface area (Å²) in [5.41, 5.74) is 2.09. The first kappa shape index (κ1) is 19.9. The third-order valence-electron chi connectivity index (χ3n) is 4.31. The summed E-state index contributed by atoms with van der Waals surface area (Å²) in [5, 5.41) is 7.93. The largest absolute Gasteiger partial charge is 0.434 e. The molecule has 28 heavy (non-hydrogen) atoms. The molecule has 0 saturated heterocycles. The molecule has 2 aromatic rings. The van der Waals surface area contributed by atoms with E-state index in [0.29, 0.717) is 24.8 Å². The minimum Gasteiger partial charge on any atom is -0.434 e. The third kappa shape index (κ3) is 4.70. The number of benzene rings is 1. The van der Waals surface area contributed by atoms with Gasteiger partial charge < -0.3 is 14.4 Å². The predicted molar refractivity (Wildman–Crippen MR) is 108 cm³/mol. The van der Waals surface area contributed by atoms with E-state index in [1.807, 2.05) is 25.1 Å². The number of nitrogens with zero attached hydrogens (tertiary/aromatic N) is 3. The number of halogens is 1. The standard InChI is InChI=1S/C21H22ClN3O3/c1-4-11-25(12-5-2)21(26)27-17-13-18(22)23-24-20(17)28-19-14(3)7-6-8-16(19)15-9-10-15/h4-8,13,15H,1-2,9-12H2,3H3. The zero-order valence-corrected chi connectivity index (χ0v) is 16.5. The smallest absolute Gasteiger partial charge is 0.415 e. The summed E-state index contributed by atoms with van der Waals surface area (Å²) >= 11 is 5.96. The molecule has 1 aromatic carbocycles. The molecule has 1 fully saturated rings. The molecule has 1 aliphatic rings. The van der Waals surface area contributed by atoms with Crippen molar-refractivity contribution in [2.24, 2.45) is 0 Å². The molecular formula is C21H22ClN3O3. The van der Waals surface area contributed by atoms with Gasteiger partial charge in [0.2, 0.25) is 0 Å². The fourth-order valence-corrected chi connectivity index (χ4v) is 2.94. The first-order chi connectivity index (χ1) is 13.5. The number of carbonyl (C=O) groups excluding carboxylic acids is 1. The summed E-state index contributed by atoms with van der Waals surface area (Å²) in [6, 6.07) is 7.43. The maximum absolute atomic E-state index is 12.5. The highest BCUT2D eigenvalue weighted by Crippen LogP contribution is 2.46. The van der Waals surface area contributed by atoms with Crippen molar-refractivity contribution in [3.8, 4) is 17.4 Å². The number of rotatable bonds is 8. The quantitative estimate of drug-likeness (QED) is 0.565. The minimum atomic E-state index is -0.582. The second kappa shape index (κ2) is 8.89.